The van der Waals surface area contributed by atoms with Crippen LogP contribution in [-0.2, 0) is 11.8 Å². The zero-order chi connectivity index (χ0) is 17.3. The average molecular weight is 354 g/mol. The number of amides is 2. The Morgan fingerprint density at radius 3 is 2.29 bits per heavy atom. The van der Waals surface area contributed by atoms with Gasteiger partial charge in [-0.1, -0.05) is 18.0 Å². The number of aromatic nitrogens is 2. The van der Waals surface area contributed by atoms with Crippen molar-refractivity contribution >= 4 is 23.4 Å². The molecule has 0 atom stereocenters. The van der Waals surface area contributed by atoms with Gasteiger partial charge in [-0.15, -0.1) is 0 Å². The zero-order valence-electron chi connectivity index (χ0n) is 14.0. The molecule has 1 aromatic heterocycles. The number of carbonyl (C=O) groups excluding carboxylic acids is 2. The summed E-state index contributed by atoms with van der Waals surface area (Å²) >= 11 is 6.07. The number of nitrogens with zero attached hydrogens (tertiary/aromatic N) is 4. The second-order valence-electron chi connectivity index (χ2n) is 6.70. The van der Waals surface area contributed by atoms with Crippen LogP contribution in [0, 0.1) is 0 Å². The average Bonchev–Trinajstić information content (AvgIpc) is 2.93. The van der Waals surface area contributed by atoms with Crippen LogP contribution >= 0.6 is 11.6 Å². The highest BCUT2D eigenvalue weighted by Gasteiger charge is 2.46. The predicted molar refractivity (Wildman–Crippen MR) is 90.7 cm³/mol. The molecule has 2 amide bonds. The molecule has 2 saturated heterocycles. The topological polar surface area (TPSA) is 84.5 Å². The molecule has 2 fully saturated rings. The molecule has 0 aromatic carbocycles. The molecule has 7 nitrogen and oxygen atoms in total. The minimum absolute atomic E-state index is 0.142. The van der Waals surface area contributed by atoms with E-state index in [2.05, 4.69) is 10.00 Å². The fourth-order valence-corrected chi connectivity index (χ4v) is 4.17. The van der Waals surface area contributed by atoms with E-state index in [1.54, 1.807) is 11.9 Å². The molecule has 132 valence electrons. The molecular weight excluding hydrogens is 330 g/mol. The first-order valence-electron chi connectivity index (χ1n) is 8.47. The van der Waals surface area contributed by atoms with E-state index < -0.39 is 5.54 Å². The van der Waals surface area contributed by atoms with Gasteiger partial charge in [-0.25, -0.2) is 0 Å². The van der Waals surface area contributed by atoms with Crippen LogP contribution in [0.15, 0.2) is 6.20 Å². The van der Waals surface area contributed by atoms with Crippen LogP contribution in [0.25, 0.3) is 0 Å². The van der Waals surface area contributed by atoms with E-state index in [1.165, 1.54) is 17.3 Å². The quantitative estimate of drug-likeness (QED) is 0.879. The van der Waals surface area contributed by atoms with E-state index in [9.17, 15) is 9.59 Å². The summed E-state index contributed by atoms with van der Waals surface area (Å²) in [5.41, 5.74) is 5.55. The number of piperidine rings is 2. The molecule has 0 unspecified atom stereocenters. The summed E-state index contributed by atoms with van der Waals surface area (Å²) in [6.07, 6.45) is 6.02. The molecule has 0 aliphatic carbocycles. The molecule has 0 bridgehead atoms. The number of primary amides is 1. The molecule has 1 aromatic rings. The second kappa shape index (κ2) is 6.72. The Kier molecular flexibility index (Phi) is 4.83. The monoisotopic (exact) mass is 353 g/mol. The van der Waals surface area contributed by atoms with Crippen molar-refractivity contribution in [2.24, 2.45) is 12.8 Å². The summed E-state index contributed by atoms with van der Waals surface area (Å²) in [5.74, 6) is -0.410. The summed E-state index contributed by atoms with van der Waals surface area (Å²) in [6.45, 7) is 2.81. The first kappa shape index (κ1) is 17.2. The highest BCUT2D eigenvalue weighted by Crippen LogP contribution is 2.32. The number of nitrogens with two attached hydrogens (primary N) is 1. The Bertz CT molecular complexity index is 611. The maximum Gasteiger partial charge on any atom is 0.273 e. The Balaban J connectivity index is 1.73. The van der Waals surface area contributed by atoms with Crippen LogP contribution in [0.4, 0.5) is 0 Å². The van der Waals surface area contributed by atoms with Crippen molar-refractivity contribution in [1.82, 2.24) is 19.6 Å². The van der Waals surface area contributed by atoms with Crippen LogP contribution < -0.4 is 5.73 Å². The van der Waals surface area contributed by atoms with Crippen LogP contribution in [-0.4, -0.2) is 63.1 Å². The smallest absolute Gasteiger partial charge is 0.273 e. The van der Waals surface area contributed by atoms with Gasteiger partial charge in [0.2, 0.25) is 5.91 Å². The van der Waals surface area contributed by atoms with E-state index in [0.717, 1.165) is 25.9 Å². The number of hydrogen-bond donors (Lipinski definition) is 1. The lowest BCUT2D eigenvalue weighted by Gasteiger charge is -2.48. The summed E-state index contributed by atoms with van der Waals surface area (Å²) in [5, 5.41) is 4.37. The summed E-state index contributed by atoms with van der Waals surface area (Å²) in [6, 6.07) is 0. The molecule has 3 rings (SSSR count). The van der Waals surface area contributed by atoms with Gasteiger partial charge in [0.05, 0.1) is 11.2 Å². The molecule has 24 heavy (non-hydrogen) atoms. The molecule has 2 N–H and O–H groups in total. The van der Waals surface area contributed by atoms with Gasteiger partial charge in [0, 0.05) is 20.1 Å². The highest BCUT2D eigenvalue weighted by molar-refractivity contribution is 6.33. The van der Waals surface area contributed by atoms with E-state index in [0.29, 0.717) is 36.6 Å². The third-order valence-electron chi connectivity index (χ3n) is 5.39. The molecule has 2 aliphatic heterocycles. The normalized spacial score (nSPS) is 21.7. The molecular formula is C16H24ClN5O2. The van der Waals surface area contributed by atoms with Crippen molar-refractivity contribution in [3.05, 3.63) is 16.9 Å². The van der Waals surface area contributed by atoms with E-state index in [1.807, 2.05) is 0 Å². The lowest BCUT2D eigenvalue weighted by molar-refractivity contribution is -0.134. The minimum atomic E-state index is -0.618. The number of likely N-dealkylation sites (tertiary alicyclic amines) is 2. The van der Waals surface area contributed by atoms with Gasteiger partial charge in [0.1, 0.15) is 11.2 Å². The number of rotatable bonds is 3. The van der Waals surface area contributed by atoms with Gasteiger partial charge in [-0.3, -0.25) is 19.2 Å². The van der Waals surface area contributed by atoms with Gasteiger partial charge in [-0.2, -0.15) is 5.10 Å². The number of aryl methyl sites for hydroxylation is 1. The van der Waals surface area contributed by atoms with E-state index in [4.69, 9.17) is 17.3 Å². The SMILES string of the molecule is Cn1ncc(Cl)c1C(=O)N1CCC(C(N)=O)(N2CCCCC2)CC1. The third-order valence-corrected chi connectivity index (χ3v) is 5.67. The van der Waals surface area contributed by atoms with Crippen molar-refractivity contribution in [1.29, 1.82) is 0 Å². The molecule has 3 heterocycles. The Hall–Kier alpha value is -1.60. The number of hydrogen-bond acceptors (Lipinski definition) is 4. The Labute approximate surface area is 146 Å². The fraction of sp³-hybridized carbons (Fsp3) is 0.688. The third kappa shape index (κ3) is 2.91. The Morgan fingerprint density at radius 1 is 1.17 bits per heavy atom. The van der Waals surface area contributed by atoms with Gasteiger partial charge < -0.3 is 10.6 Å². The number of halogens is 1. The van der Waals surface area contributed by atoms with Gasteiger partial charge in [-0.05, 0) is 38.8 Å². The van der Waals surface area contributed by atoms with Crippen LogP contribution in [0.3, 0.4) is 0 Å². The summed E-state index contributed by atoms with van der Waals surface area (Å²) in [7, 11) is 1.70. The fourth-order valence-electron chi connectivity index (χ4n) is 3.92. The molecule has 0 radical (unpaired) electrons. The van der Waals surface area contributed by atoms with Gasteiger partial charge in [0.25, 0.3) is 5.91 Å². The van der Waals surface area contributed by atoms with Crippen molar-refractivity contribution in [3.63, 3.8) is 0 Å². The van der Waals surface area contributed by atoms with E-state index in [-0.39, 0.29) is 11.8 Å². The molecule has 2 aliphatic rings. The first-order chi connectivity index (χ1) is 11.5. The van der Waals surface area contributed by atoms with Crippen molar-refractivity contribution < 1.29 is 9.59 Å². The molecule has 0 saturated carbocycles. The largest absolute Gasteiger partial charge is 0.368 e. The maximum absolute atomic E-state index is 12.7. The predicted octanol–water partition coefficient (Wildman–Crippen LogP) is 1.02. The van der Waals surface area contributed by atoms with Gasteiger partial charge >= 0.3 is 0 Å². The van der Waals surface area contributed by atoms with Gasteiger partial charge in [0.15, 0.2) is 0 Å². The van der Waals surface area contributed by atoms with Crippen molar-refractivity contribution in [3.8, 4) is 0 Å². The van der Waals surface area contributed by atoms with Crippen LogP contribution in [0.5, 0.6) is 0 Å². The highest BCUT2D eigenvalue weighted by atomic mass is 35.5. The standard InChI is InChI=1S/C16H24ClN5O2/c1-20-13(12(17)11-19-20)14(23)21-9-5-16(6-10-21,15(18)24)22-7-3-2-4-8-22/h11H,2-10H2,1H3,(H2,18,24). The van der Waals surface area contributed by atoms with Crippen molar-refractivity contribution in [2.45, 2.75) is 37.6 Å². The zero-order valence-corrected chi connectivity index (χ0v) is 14.8. The summed E-state index contributed by atoms with van der Waals surface area (Å²) < 4.78 is 1.49. The minimum Gasteiger partial charge on any atom is -0.368 e. The lowest BCUT2D eigenvalue weighted by Crippen LogP contribution is -2.63. The van der Waals surface area contributed by atoms with Crippen LogP contribution in [0.1, 0.15) is 42.6 Å². The van der Waals surface area contributed by atoms with Crippen molar-refractivity contribution in [2.75, 3.05) is 26.2 Å². The van der Waals surface area contributed by atoms with Crippen LogP contribution in [0.2, 0.25) is 5.02 Å². The Morgan fingerprint density at radius 2 is 1.79 bits per heavy atom. The number of carbonyl (C=O) groups is 2. The summed E-state index contributed by atoms with van der Waals surface area (Å²) in [4.78, 5) is 28.9. The first-order valence-corrected chi connectivity index (χ1v) is 8.85. The molecule has 0 spiro atoms. The lowest BCUT2D eigenvalue weighted by atomic mass is 9.83. The molecule has 8 heteroatoms. The second-order valence-corrected chi connectivity index (χ2v) is 7.11. The maximum atomic E-state index is 12.7. The van der Waals surface area contributed by atoms with E-state index >= 15 is 0 Å².